The van der Waals surface area contributed by atoms with Crippen LogP contribution in [0.1, 0.15) is 25.7 Å². The van der Waals surface area contributed by atoms with Gasteiger partial charge in [0.25, 0.3) is 0 Å². The molecule has 1 aromatic carbocycles. The van der Waals surface area contributed by atoms with Crippen LogP contribution < -0.4 is 9.08 Å². The van der Waals surface area contributed by atoms with E-state index in [0.29, 0.717) is 17.7 Å². The molecule has 2 aliphatic carbocycles. The molecule has 29 heavy (non-hydrogen) atoms. The fourth-order valence-electron chi connectivity index (χ4n) is 4.88. The first kappa shape index (κ1) is 19.0. The number of hydrogen-bond acceptors (Lipinski definition) is 7. The Labute approximate surface area is 181 Å². The molecular formula is C20H22BN5OS2. The average molecular weight is 423 g/mol. The number of hydrogen-bond donors (Lipinski definition) is 2. The predicted octanol–water partition coefficient (Wildman–Crippen LogP) is 4.40. The van der Waals surface area contributed by atoms with Crippen LogP contribution in [0.5, 0.6) is 5.75 Å². The van der Waals surface area contributed by atoms with Crippen molar-refractivity contribution in [1.82, 2.24) is 20.4 Å². The van der Waals surface area contributed by atoms with Crippen LogP contribution in [0.3, 0.4) is 0 Å². The quantitative estimate of drug-likeness (QED) is 0.362. The average Bonchev–Trinajstić information content (AvgIpc) is 3.51. The Morgan fingerprint density at radius 1 is 1.24 bits per heavy atom. The third-order valence-electron chi connectivity index (χ3n) is 6.50. The highest BCUT2D eigenvalue weighted by Gasteiger charge is 2.41. The van der Waals surface area contributed by atoms with Crippen LogP contribution in [0.2, 0.25) is 5.82 Å². The van der Waals surface area contributed by atoms with Crippen LogP contribution in [-0.2, 0) is 0 Å². The molecule has 2 fully saturated rings. The van der Waals surface area contributed by atoms with Crippen molar-refractivity contribution in [3.8, 4) is 27.4 Å². The fourth-order valence-corrected chi connectivity index (χ4v) is 5.92. The van der Waals surface area contributed by atoms with Gasteiger partial charge >= 0.3 is 0 Å². The van der Waals surface area contributed by atoms with Crippen molar-refractivity contribution >= 4 is 37.2 Å². The Hall–Kier alpha value is -2.00. The number of fused-ring (bicyclic) bond motifs is 2. The minimum atomic E-state index is 0.205. The first-order valence-corrected chi connectivity index (χ1v) is 11.1. The van der Waals surface area contributed by atoms with Gasteiger partial charge < -0.3 is 9.08 Å². The maximum Gasteiger partial charge on any atom is 0.208 e. The first-order valence-electron chi connectivity index (χ1n) is 9.91. The van der Waals surface area contributed by atoms with Gasteiger partial charge in [-0.05, 0) is 42.4 Å². The van der Waals surface area contributed by atoms with E-state index in [-0.39, 0.29) is 5.82 Å². The highest BCUT2D eigenvalue weighted by molar-refractivity contribution is 7.75. The lowest BCUT2D eigenvalue weighted by Gasteiger charge is -2.40. The second kappa shape index (κ2) is 7.68. The van der Waals surface area contributed by atoms with E-state index in [1.165, 1.54) is 19.3 Å². The van der Waals surface area contributed by atoms with Gasteiger partial charge in [-0.2, -0.15) is 5.10 Å². The van der Waals surface area contributed by atoms with E-state index in [9.17, 15) is 0 Å². The zero-order valence-corrected chi connectivity index (χ0v) is 17.9. The van der Waals surface area contributed by atoms with Crippen LogP contribution >= 0.6 is 24.2 Å². The number of anilines is 1. The minimum absolute atomic E-state index is 0.205. The lowest BCUT2D eigenvalue weighted by Crippen LogP contribution is -2.41. The van der Waals surface area contributed by atoms with Crippen LogP contribution in [-0.4, -0.2) is 41.3 Å². The van der Waals surface area contributed by atoms with Crippen molar-refractivity contribution in [3.05, 3.63) is 30.6 Å². The topological polar surface area (TPSA) is 66.9 Å². The molecule has 0 saturated heterocycles. The third-order valence-corrected chi connectivity index (χ3v) is 7.74. The largest absolute Gasteiger partial charge is 0.428 e. The van der Waals surface area contributed by atoms with E-state index < -0.39 is 0 Å². The van der Waals surface area contributed by atoms with Crippen molar-refractivity contribution in [3.63, 3.8) is 0 Å². The zero-order chi connectivity index (χ0) is 20.0. The molecule has 3 aromatic rings. The summed E-state index contributed by atoms with van der Waals surface area (Å²) in [5, 5.41) is 17.4. The van der Waals surface area contributed by atoms with Crippen molar-refractivity contribution in [2.45, 2.75) is 37.5 Å². The summed E-state index contributed by atoms with van der Waals surface area (Å²) in [6.45, 7) is 0. The van der Waals surface area contributed by atoms with Gasteiger partial charge in [-0.3, -0.25) is 5.10 Å². The molecule has 2 heterocycles. The van der Waals surface area contributed by atoms with Gasteiger partial charge in [0.15, 0.2) is 5.01 Å². The number of thiol groups is 1. The molecule has 0 aliphatic heterocycles. The Bertz CT molecular complexity index is 995. The molecule has 2 aliphatic rings. The van der Waals surface area contributed by atoms with Crippen LogP contribution in [0.25, 0.3) is 21.7 Å². The molecule has 2 bridgehead atoms. The summed E-state index contributed by atoms with van der Waals surface area (Å²) in [5.41, 5.74) is 2.86. The first-order chi connectivity index (χ1) is 14.1. The second-order valence-corrected chi connectivity index (χ2v) is 9.25. The minimum Gasteiger partial charge on any atom is -0.428 e. The van der Waals surface area contributed by atoms with Crippen molar-refractivity contribution in [1.29, 1.82) is 0 Å². The lowest BCUT2D eigenvalue weighted by molar-refractivity contribution is 0.314. The Morgan fingerprint density at radius 3 is 2.93 bits per heavy atom. The molecule has 2 saturated carbocycles. The van der Waals surface area contributed by atoms with E-state index >= 15 is 0 Å². The van der Waals surface area contributed by atoms with Gasteiger partial charge in [0.1, 0.15) is 5.75 Å². The number of rotatable bonds is 5. The number of nitrogens with zero attached hydrogens (tertiary/aromatic N) is 4. The molecule has 0 spiro atoms. The molecule has 1 N–H and O–H groups in total. The van der Waals surface area contributed by atoms with Crippen LogP contribution in [0, 0.1) is 11.8 Å². The van der Waals surface area contributed by atoms with Crippen LogP contribution in [0.4, 0.5) is 5.13 Å². The third kappa shape index (κ3) is 3.44. The molecule has 0 amide bonds. The van der Waals surface area contributed by atoms with Gasteiger partial charge in [-0.25, -0.2) is 0 Å². The lowest BCUT2D eigenvalue weighted by atomic mass is 9.65. The summed E-state index contributed by atoms with van der Waals surface area (Å²) in [6.07, 6.45) is 8.64. The van der Waals surface area contributed by atoms with Gasteiger partial charge in [-0.15, -0.1) is 10.2 Å². The van der Waals surface area contributed by atoms with Crippen molar-refractivity contribution < 1.29 is 4.18 Å². The number of benzene rings is 1. The van der Waals surface area contributed by atoms with E-state index in [1.54, 1.807) is 17.5 Å². The summed E-state index contributed by atoms with van der Waals surface area (Å²) >= 11 is 5.61. The highest BCUT2D eigenvalue weighted by atomic mass is 32.1. The van der Waals surface area contributed by atoms with E-state index in [4.69, 9.17) is 12.0 Å². The van der Waals surface area contributed by atoms with Gasteiger partial charge in [-0.1, -0.05) is 36.1 Å². The van der Waals surface area contributed by atoms with Gasteiger partial charge in [0, 0.05) is 37.8 Å². The standard InChI is InChI=1S/C20H22BN5OS2/c1-26(16-7-11-2-3-13(6-11)18(16)21)20-25-24-19(29-20)15-5-4-12(8-17(15)27-28)14-9-22-23-10-14/h4-5,8-11,13,16,18,28H,2-3,6-7H2,1H3,(H,22,23)/t11-,13+,16+,18-/m1/s1. The van der Waals surface area contributed by atoms with E-state index in [2.05, 4.69) is 45.3 Å². The molecule has 2 radical (unpaired) electrons. The summed E-state index contributed by atoms with van der Waals surface area (Å²) in [6, 6.07) is 6.28. The summed E-state index contributed by atoms with van der Waals surface area (Å²) in [4.78, 5) is 2.23. The predicted molar refractivity (Wildman–Crippen MR) is 120 cm³/mol. The zero-order valence-electron chi connectivity index (χ0n) is 16.2. The molecule has 148 valence electrons. The Kier molecular flexibility index (Phi) is 5.03. The maximum atomic E-state index is 6.60. The summed E-state index contributed by atoms with van der Waals surface area (Å²) in [7, 11) is 8.70. The van der Waals surface area contributed by atoms with E-state index in [1.807, 2.05) is 24.4 Å². The Morgan fingerprint density at radius 2 is 2.14 bits per heavy atom. The molecule has 0 unspecified atom stereocenters. The summed E-state index contributed by atoms with van der Waals surface area (Å²) in [5.74, 6) is 2.30. The number of H-pyrrole nitrogens is 1. The normalized spacial score (nSPS) is 25.9. The van der Waals surface area contributed by atoms with Crippen molar-refractivity contribution in [2.24, 2.45) is 11.8 Å². The van der Waals surface area contributed by atoms with Gasteiger partial charge in [0.2, 0.25) is 5.13 Å². The van der Waals surface area contributed by atoms with Crippen molar-refractivity contribution in [2.75, 3.05) is 11.9 Å². The summed E-state index contributed by atoms with van der Waals surface area (Å²) < 4.78 is 5.35. The number of aromatic amines is 1. The molecule has 2 aromatic heterocycles. The second-order valence-electron chi connectivity index (χ2n) is 8.11. The van der Waals surface area contributed by atoms with E-state index in [0.717, 1.165) is 39.2 Å². The van der Waals surface area contributed by atoms with Gasteiger partial charge in [0.05, 0.1) is 19.6 Å². The van der Waals surface area contributed by atoms with Crippen LogP contribution in [0.15, 0.2) is 30.6 Å². The molecule has 4 atom stereocenters. The molecular weight excluding hydrogens is 401 g/mol. The number of nitrogens with one attached hydrogen (secondary N) is 1. The maximum absolute atomic E-state index is 6.60. The Balaban J connectivity index is 1.41. The molecule has 5 rings (SSSR count). The fraction of sp³-hybridized carbons (Fsp3) is 0.450. The monoisotopic (exact) mass is 423 g/mol. The molecule has 9 heteroatoms. The smallest absolute Gasteiger partial charge is 0.208 e. The molecule has 6 nitrogen and oxygen atoms in total. The SMILES string of the molecule is [B][C@@H]1[C@H]2CC[C@H](C2)C[C@@H]1N(C)c1nnc(-c2ccc(-c3cn[nH]c3)cc2OS)s1. The number of aromatic nitrogens is 4. The highest BCUT2D eigenvalue weighted by Crippen LogP contribution is 2.49.